The smallest absolute Gasteiger partial charge is 0.264 e. The average Bonchev–Trinajstić information content (AvgIpc) is 2.61. The maximum atomic E-state index is 10.7. The largest absolute Gasteiger partial charge is 0.377 e. The van der Waals surface area contributed by atoms with Gasteiger partial charge in [0.25, 0.3) is 10.1 Å². The van der Waals surface area contributed by atoms with Crippen LogP contribution in [0.5, 0.6) is 0 Å². The molecular weight excluding hydrogens is 368 g/mol. The molecule has 1 aliphatic rings. The van der Waals surface area contributed by atoms with Crippen LogP contribution < -0.4 is 0 Å². The van der Waals surface area contributed by atoms with Gasteiger partial charge < -0.3 is 28.4 Å². The van der Waals surface area contributed by atoms with Crippen LogP contribution in [-0.4, -0.2) is 93.6 Å². The molecule has 10 heteroatoms. The van der Waals surface area contributed by atoms with Crippen molar-refractivity contribution < 1.29 is 41.0 Å². The first-order valence-corrected chi connectivity index (χ1v) is 10.8. The van der Waals surface area contributed by atoms with Crippen LogP contribution >= 0.6 is 0 Å². The Labute approximate surface area is 156 Å². The van der Waals surface area contributed by atoms with Crippen LogP contribution in [0.1, 0.15) is 19.3 Å². The average molecular weight is 400 g/mol. The van der Waals surface area contributed by atoms with Crippen LogP contribution in [0.15, 0.2) is 0 Å². The zero-order chi connectivity index (χ0) is 18.9. The quantitative estimate of drug-likeness (QED) is 0.256. The molecule has 26 heavy (non-hydrogen) atoms. The highest BCUT2D eigenvalue weighted by Crippen LogP contribution is 2.13. The molecule has 156 valence electrons. The van der Waals surface area contributed by atoms with Gasteiger partial charge in [-0.2, -0.15) is 8.42 Å². The van der Waals surface area contributed by atoms with Crippen LogP contribution in [-0.2, 0) is 42.7 Å². The van der Waals surface area contributed by atoms with E-state index >= 15 is 0 Å². The minimum atomic E-state index is -3.40. The van der Waals surface area contributed by atoms with Gasteiger partial charge in [0.2, 0.25) is 0 Å². The Morgan fingerprint density at radius 3 is 1.73 bits per heavy atom. The molecule has 0 aliphatic carbocycles. The zero-order valence-electron chi connectivity index (χ0n) is 15.6. The molecule has 0 aromatic carbocycles. The van der Waals surface area contributed by atoms with E-state index in [2.05, 4.69) is 4.18 Å². The van der Waals surface area contributed by atoms with Gasteiger partial charge >= 0.3 is 0 Å². The second-order valence-electron chi connectivity index (χ2n) is 5.64. The molecule has 0 saturated carbocycles. The monoisotopic (exact) mass is 400 g/mol. The fourth-order valence-electron chi connectivity index (χ4n) is 2.09. The van der Waals surface area contributed by atoms with Crippen molar-refractivity contribution in [2.45, 2.75) is 25.6 Å². The number of hydrogen-bond acceptors (Lipinski definition) is 9. The zero-order valence-corrected chi connectivity index (χ0v) is 16.4. The first kappa shape index (κ1) is 23.7. The van der Waals surface area contributed by atoms with Crippen molar-refractivity contribution >= 4 is 10.1 Å². The van der Waals surface area contributed by atoms with E-state index in [1.807, 2.05) is 0 Å². The molecule has 0 aromatic heterocycles. The van der Waals surface area contributed by atoms with Gasteiger partial charge in [-0.05, 0) is 19.3 Å². The number of hydrogen-bond donors (Lipinski definition) is 0. The Morgan fingerprint density at radius 2 is 1.27 bits per heavy atom. The van der Waals surface area contributed by atoms with Crippen molar-refractivity contribution in [3.63, 3.8) is 0 Å². The van der Waals surface area contributed by atoms with Gasteiger partial charge in [-0.3, -0.25) is 4.18 Å². The SMILES string of the molecule is CS(=O)(=O)OCCOCCOCCOCCOCCOC1CCCCO1. The van der Waals surface area contributed by atoms with Gasteiger partial charge in [0.15, 0.2) is 6.29 Å². The molecule has 1 heterocycles. The minimum absolute atomic E-state index is 0.0145. The van der Waals surface area contributed by atoms with Gasteiger partial charge in [0.05, 0.1) is 72.3 Å². The third-order valence-electron chi connectivity index (χ3n) is 3.31. The maximum Gasteiger partial charge on any atom is 0.264 e. The van der Waals surface area contributed by atoms with E-state index in [1.54, 1.807) is 0 Å². The van der Waals surface area contributed by atoms with Gasteiger partial charge in [0.1, 0.15) is 0 Å². The van der Waals surface area contributed by atoms with Crippen LogP contribution in [0.3, 0.4) is 0 Å². The predicted molar refractivity (Wildman–Crippen MR) is 93.6 cm³/mol. The standard InChI is InChI=1S/C16H32O9S/c1-26(17,18)25-15-13-22-11-9-20-7-6-19-8-10-21-12-14-24-16-4-2-3-5-23-16/h16H,2-15H2,1H3. The van der Waals surface area contributed by atoms with Gasteiger partial charge in [-0.15, -0.1) is 0 Å². The summed E-state index contributed by atoms with van der Waals surface area (Å²) in [5.41, 5.74) is 0. The lowest BCUT2D eigenvalue weighted by atomic mass is 10.2. The number of rotatable bonds is 17. The lowest BCUT2D eigenvalue weighted by molar-refractivity contribution is -0.169. The van der Waals surface area contributed by atoms with E-state index in [1.165, 1.54) is 0 Å². The van der Waals surface area contributed by atoms with Crippen molar-refractivity contribution in [1.82, 2.24) is 0 Å². The highest BCUT2D eigenvalue weighted by atomic mass is 32.2. The Kier molecular flexibility index (Phi) is 14.3. The molecular formula is C16H32O9S. The molecule has 0 amide bonds. The second-order valence-corrected chi connectivity index (χ2v) is 7.29. The van der Waals surface area contributed by atoms with Crippen LogP contribution in [0.2, 0.25) is 0 Å². The molecule has 1 saturated heterocycles. The highest BCUT2D eigenvalue weighted by Gasteiger charge is 2.13. The summed E-state index contributed by atoms with van der Waals surface area (Å²) < 4.78 is 58.2. The Morgan fingerprint density at radius 1 is 0.769 bits per heavy atom. The van der Waals surface area contributed by atoms with Gasteiger partial charge in [-0.25, -0.2) is 0 Å². The normalized spacial score (nSPS) is 18.3. The fraction of sp³-hybridized carbons (Fsp3) is 1.00. The van der Waals surface area contributed by atoms with E-state index in [0.717, 1.165) is 32.1 Å². The summed E-state index contributed by atoms with van der Waals surface area (Å²) in [7, 11) is -3.40. The first-order valence-electron chi connectivity index (χ1n) is 8.96. The topological polar surface area (TPSA) is 98.8 Å². The summed E-state index contributed by atoms with van der Waals surface area (Å²) in [4.78, 5) is 0. The Balaban J connectivity index is 1.69. The summed E-state index contributed by atoms with van der Waals surface area (Å²) in [6.07, 6.45) is 4.16. The Bertz CT molecular complexity index is 410. The summed E-state index contributed by atoms with van der Waals surface area (Å²) in [6, 6.07) is 0. The van der Waals surface area contributed by atoms with Crippen molar-refractivity contribution in [2.24, 2.45) is 0 Å². The number of ether oxygens (including phenoxy) is 6. The molecule has 0 radical (unpaired) electrons. The Hall–Kier alpha value is -0.330. The third-order valence-corrected chi connectivity index (χ3v) is 3.91. The molecule has 0 aromatic rings. The van der Waals surface area contributed by atoms with E-state index in [4.69, 9.17) is 28.4 Å². The summed E-state index contributed by atoms with van der Waals surface area (Å²) in [6.45, 7) is 4.81. The molecule has 1 fully saturated rings. The molecule has 0 N–H and O–H groups in total. The molecule has 1 aliphatic heterocycles. The minimum Gasteiger partial charge on any atom is -0.377 e. The molecule has 1 atom stereocenters. The lowest BCUT2D eigenvalue weighted by Crippen LogP contribution is -2.24. The van der Waals surface area contributed by atoms with Crippen molar-refractivity contribution in [2.75, 3.05) is 78.9 Å². The van der Waals surface area contributed by atoms with E-state index in [0.29, 0.717) is 52.9 Å². The molecule has 0 spiro atoms. The molecule has 1 rings (SSSR count). The predicted octanol–water partition coefficient (Wildman–Crippen LogP) is 0.572. The fourth-order valence-corrected chi connectivity index (χ4v) is 2.46. The van der Waals surface area contributed by atoms with Crippen molar-refractivity contribution in [1.29, 1.82) is 0 Å². The molecule has 9 nitrogen and oxygen atoms in total. The van der Waals surface area contributed by atoms with E-state index in [9.17, 15) is 8.42 Å². The van der Waals surface area contributed by atoms with E-state index < -0.39 is 10.1 Å². The first-order chi connectivity index (χ1) is 12.6. The summed E-state index contributed by atoms with van der Waals surface area (Å²) in [5.74, 6) is 0. The molecule has 1 unspecified atom stereocenters. The molecule has 0 bridgehead atoms. The van der Waals surface area contributed by atoms with Crippen molar-refractivity contribution in [3.05, 3.63) is 0 Å². The summed E-state index contributed by atoms with van der Waals surface area (Å²) in [5, 5.41) is 0. The van der Waals surface area contributed by atoms with Crippen LogP contribution in [0.25, 0.3) is 0 Å². The van der Waals surface area contributed by atoms with Crippen LogP contribution in [0.4, 0.5) is 0 Å². The van der Waals surface area contributed by atoms with Crippen LogP contribution in [0, 0.1) is 0 Å². The van der Waals surface area contributed by atoms with Gasteiger partial charge in [-0.1, -0.05) is 0 Å². The van der Waals surface area contributed by atoms with Crippen molar-refractivity contribution in [3.8, 4) is 0 Å². The van der Waals surface area contributed by atoms with E-state index in [-0.39, 0.29) is 19.5 Å². The lowest BCUT2D eigenvalue weighted by Gasteiger charge is -2.22. The van der Waals surface area contributed by atoms with Gasteiger partial charge in [0, 0.05) is 6.61 Å². The third kappa shape index (κ3) is 15.9. The summed E-state index contributed by atoms with van der Waals surface area (Å²) >= 11 is 0. The highest BCUT2D eigenvalue weighted by molar-refractivity contribution is 7.85. The maximum absolute atomic E-state index is 10.7. The second kappa shape index (κ2) is 15.7.